The molecule has 1 aliphatic heterocycles. The number of likely N-dealkylation sites (tertiary alicyclic amines) is 1. The Bertz CT molecular complexity index is 1760. The average Bonchev–Trinajstić information content (AvgIpc) is 3.49. The van der Waals surface area contributed by atoms with Crippen molar-refractivity contribution in [3.63, 3.8) is 0 Å². The fraction of sp³-hybridized carbons (Fsp3) is 0.269. The third kappa shape index (κ3) is 5.91. The highest BCUT2D eigenvalue weighted by Gasteiger charge is 2.39. The van der Waals surface area contributed by atoms with E-state index in [1.165, 1.54) is 6.92 Å². The fourth-order valence-electron chi connectivity index (χ4n) is 4.76. The van der Waals surface area contributed by atoms with Crippen molar-refractivity contribution in [2.24, 2.45) is 0 Å². The number of aromatic nitrogens is 4. The maximum atomic E-state index is 15.1. The number of hydrogen-bond acceptors (Lipinski definition) is 7. The number of benzene rings is 1. The Morgan fingerprint density at radius 2 is 1.80 bits per heavy atom. The maximum absolute atomic E-state index is 15.1. The summed E-state index contributed by atoms with van der Waals surface area (Å²) in [5.74, 6) is -3.91. The Morgan fingerprint density at radius 3 is 2.43 bits per heavy atom. The molecule has 4 aromatic rings. The zero-order valence-electron chi connectivity index (χ0n) is 22.2. The van der Waals surface area contributed by atoms with Crippen LogP contribution in [-0.2, 0) is 6.18 Å². The summed E-state index contributed by atoms with van der Waals surface area (Å²) >= 11 is 0. The standard InChI is InChI=1S/C26H19F8N7O3/c1-11-4-16(27)14(20-6-15(25(29,30)31)21-22(35)37-10-38-41(20)21)5-13(11)23(42)39-19-9-40(8-17(19)28)24(43)18-3-2-12(7-36-18)44-26(32,33)34/h2-7,10,17,19H,8-9H2,1H3,(H,39,42)(H2,35,37,38). The van der Waals surface area contributed by atoms with Gasteiger partial charge in [-0.2, -0.15) is 18.3 Å². The molecule has 2 unspecified atom stereocenters. The van der Waals surface area contributed by atoms with Gasteiger partial charge in [0.2, 0.25) is 0 Å². The van der Waals surface area contributed by atoms with Crippen molar-refractivity contribution in [3.8, 4) is 17.0 Å². The van der Waals surface area contributed by atoms with Crippen LogP contribution >= 0.6 is 0 Å². The average molecular weight is 629 g/mol. The highest BCUT2D eigenvalue weighted by Crippen LogP contribution is 2.39. The van der Waals surface area contributed by atoms with Crippen molar-refractivity contribution in [1.29, 1.82) is 0 Å². The van der Waals surface area contributed by atoms with Gasteiger partial charge < -0.3 is 20.7 Å². The lowest BCUT2D eigenvalue weighted by atomic mass is 10.0. The van der Waals surface area contributed by atoms with Crippen molar-refractivity contribution in [2.45, 2.75) is 31.7 Å². The predicted octanol–water partition coefficient (Wildman–Crippen LogP) is 4.33. The molecule has 3 aromatic heterocycles. The number of pyridine rings is 1. The van der Waals surface area contributed by atoms with Crippen LogP contribution in [0.4, 0.5) is 40.9 Å². The monoisotopic (exact) mass is 629 g/mol. The van der Waals surface area contributed by atoms with Gasteiger partial charge in [0.1, 0.15) is 35.3 Å². The van der Waals surface area contributed by atoms with Crippen LogP contribution in [0.5, 0.6) is 5.75 Å². The van der Waals surface area contributed by atoms with Gasteiger partial charge in [-0.1, -0.05) is 0 Å². The van der Waals surface area contributed by atoms with Crippen molar-refractivity contribution < 1.29 is 49.4 Å². The van der Waals surface area contributed by atoms with Gasteiger partial charge in [-0.3, -0.25) is 9.59 Å². The summed E-state index contributed by atoms with van der Waals surface area (Å²) in [7, 11) is 0. The fourth-order valence-corrected chi connectivity index (χ4v) is 4.76. The van der Waals surface area contributed by atoms with Gasteiger partial charge in [-0.15, -0.1) is 13.2 Å². The highest BCUT2D eigenvalue weighted by molar-refractivity contribution is 5.98. The van der Waals surface area contributed by atoms with Crippen molar-refractivity contribution in [3.05, 3.63) is 71.1 Å². The van der Waals surface area contributed by atoms with E-state index in [4.69, 9.17) is 5.73 Å². The number of nitrogens with one attached hydrogen (secondary N) is 1. The quantitative estimate of drug-likeness (QED) is 0.315. The molecule has 2 atom stereocenters. The number of carbonyl (C=O) groups excluding carboxylic acids is 2. The van der Waals surface area contributed by atoms with E-state index in [0.29, 0.717) is 12.3 Å². The number of nitrogen functional groups attached to an aromatic ring is 1. The minimum absolute atomic E-state index is 0.0708. The lowest BCUT2D eigenvalue weighted by Gasteiger charge is -2.18. The topological polar surface area (TPSA) is 128 Å². The molecule has 18 heteroatoms. The third-order valence-electron chi connectivity index (χ3n) is 6.76. The molecule has 0 saturated carbocycles. The molecule has 44 heavy (non-hydrogen) atoms. The number of ether oxygens (including phenoxy) is 1. The Hall–Kier alpha value is -5.03. The van der Waals surface area contributed by atoms with Crippen LogP contribution < -0.4 is 15.8 Å². The molecule has 3 N–H and O–H groups in total. The van der Waals surface area contributed by atoms with Gasteiger partial charge in [0, 0.05) is 17.7 Å². The van der Waals surface area contributed by atoms with Crippen molar-refractivity contribution in [2.75, 3.05) is 18.8 Å². The Kier molecular flexibility index (Phi) is 7.54. The second kappa shape index (κ2) is 10.9. The molecular weight excluding hydrogens is 610 g/mol. The number of aryl methyl sites for hydroxylation is 1. The van der Waals surface area contributed by atoms with Crippen LogP contribution in [0.2, 0.25) is 0 Å². The minimum atomic E-state index is -4.97. The number of halogens is 8. The van der Waals surface area contributed by atoms with Crippen LogP contribution in [0.25, 0.3) is 16.8 Å². The Balaban J connectivity index is 1.37. The molecule has 0 radical (unpaired) electrons. The lowest BCUT2D eigenvalue weighted by molar-refractivity contribution is -0.274. The number of hydrogen-bond donors (Lipinski definition) is 2. The largest absolute Gasteiger partial charge is 0.573 e. The number of rotatable bonds is 5. The summed E-state index contributed by atoms with van der Waals surface area (Å²) in [6.45, 7) is 0.516. The highest BCUT2D eigenvalue weighted by atomic mass is 19.4. The van der Waals surface area contributed by atoms with Gasteiger partial charge in [-0.25, -0.2) is 23.3 Å². The summed E-state index contributed by atoms with van der Waals surface area (Å²) in [4.78, 5) is 34.1. The summed E-state index contributed by atoms with van der Waals surface area (Å²) in [6, 6.07) is 3.07. The Morgan fingerprint density at radius 1 is 1.07 bits per heavy atom. The first-order valence-electron chi connectivity index (χ1n) is 12.5. The first-order valence-corrected chi connectivity index (χ1v) is 12.5. The molecule has 0 aliphatic carbocycles. The second-order valence-electron chi connectivity index (χ2n) is 9.73. The molecule has 5 rings (SSSR count). The maximum Gasteiger partial charge on any atom is 0.573 e. The first-order chi connectivity index (χ1) is 20.5. The molecule has 10 nitrogen and oxygen atoms in total. The number of nitrogens with two attached hydrogens (primary N) is 1. The Labute approximate surface area is 241 Å². The number of nitrogens with zero attached hydrogens (tertiary/aromatic N) is 5. The zero-order chi connectivity index (χ0) is 32.1. The van der Waals surface area contributed by atoms with Gasteiger partial charge in [0.15, 0.2) is 5.82 Å². The van der Waals surface area contributed by atoms with Crippen LogP contribution in [0.1, 0.15) is 32.0 Å². The van der Waals surface area contributed by atoms with Gasteiger partial charge in [-0.05, 0) is 42.8 Å². The number of amides is 2. The van der Waals surface area contributed by atoms with E-state index < -0.39 is 77.1 Å². The molecular formula is C26H19F8N7O3. The number of alkyl halides is 7. The second-order valence-corrected chi connectivity index (χ2v) is 9.73. The van der Waals surface area contributed by atoms with E-state index in [0.717, 1.165) is 40.0 Å². The molecule has 2 amide bonds. The van der Waals surface area contributed by atoms with E-state index in [9.17, 15) is 40.3 Å². The first kappa shape index (κ1) is 30.4. The smallest absolute Gasteiger partial charge is 0.404 e. The zero-order valence-corrected chi connectivity index (χ0v) is 22.2. The molecule has 0 spiro atoms. The van der Waals surface area contributed by atoms with Gasteiger partial charge in [0.25, 0.3) is 11.8 Å². The number of fused-ring (bicyclic) bond motifs is 1. The SMILES string of the molecule is Cc1cc(F)c(-c2cc(C(F)(F)F)c3c(N)ncnn23)cc1C(=O)NC1CN(C(=O)c2ccc(OC(F)(F)F)cn2)CC1F. The van der Waals surface area contributed by atoms with Gasteiger partial charge in [0.05, 0.1) is 30.0 Å². The van der Waals surface area contributed by atoms with Gasteiger partial charge >= 0.3 is 12.5 Å². The molecule has 1 aromatic carbocycles. The van der Waals surface area contributed by atoms with E-state index in [1.807, 2.05) is 0 Å². The van der Waals surface area contributed by atoms with Crippen LogP contribution in [0, 0.1) is 12.7 Å². The number of carbonyl (C=O) groups is 2. The predicted molar refractivity (Wildman–Crippen MR) is 136 cm³/mol. The van der Waals surface area contributed by atoms with E-state index >= 15 is 4.39 Å². The molecule has 1 fully saturated rings. The molecule has 1 saturated heterocycles. The molecule has 4 heterocycles. The lowest BCUT2D eigenvalue weighted by Crippen LogP contribution is -2.42. The normalized spacial score (nSPS) is 17.2. The third-order valence-corrected chi connectivity index (χ3v) is 6.76. The molecule has 1 aliphatic rings. The minimum Gasteiger partial charge on any atom is -0.404 e. The summed E-state index contributed by atoms with van der Waals surface area (Å²) in [5, 5.41) is 6.17. The van der Waals surface area contributed by atoms with Crippen LogP contribution in [-0.4, -0.2) is 68.0 Å². The van der Waals surface area contributed by atoms with Crippen LogP contribution in [0.15, 0.2) is 42.9 Å². The number of anilines is 1. The van der Waals surface area contributed by atoms with E-state index in [-0.39, 0.29) is 29.1 Å². The summed E-state index contributed by atoms with van der Waals surface area (Å²) in [6.07, 6.45) is -10.1. The molecule has 0 bridgehead atoms. The van der Waals surface area contributed by atoms with Crippen LogP contribution in [0.3, 0.4) is 0 Å². The van der Waals surface area contributed by atoms with Crippen molar-refractivity contribution in [1.82, 2.24) is 29.8 Å². The van der Waals surface area contributed by atoms with E-state index in [2.05, 4.69) is 25.1 Å². The molecule has 232 valence electrons. The van der Waals surface area contributed by atoms with Crippen molar-refractivity contribution >= 4 is 23.1 Å². The summed E-state index contributed by atoms with van der Waals surface area (Å²) < 4.78 is 113. The summed E-state index contributed by atoms with van der Waals surface area (Å²) in [5.41, 5.74) is 2.54. The van der Waals surface area contributed by atoms with E-state index in [1.54, 1.807) is 0 Å².